The van der Waals surface area contributed by atoms with Crippen molar-refractivity contribution in [2.75, 3.05) is 13.2 Å². The Morgan fingerprint density at radius 1 is 1.15 bits per heavy atom. The van der Waals surface area contributed by atoms with E-state index in [2.05, 4.69) is 10.3 Å². The molecule has 1 aromatic carbocycles. The highest BCUT2D eigenvalue weighted by molar-refractivity contribution is 5.94. The maximum Gasteiger partial charge on any atom is 0.424 e. The van der Waals surface area contributed by atoms with E-state index in [1.807, 2.05) is 13.0 Å². The summed E-state index contributed by atoms with van der Waals surface area (Å²) >= 11 is 0. The van der Waals surface area contributed by atoms with Gasteiger partial charge in [-0.3, -0.25) is 9.59 Å². The monoisotopic (exact) mass is 556 g/mol. The third-order valence-electron chi connectivity index (χ3n) is 7.12. The van der Waals surface area contributed by atoms with Gasteiger partial charge in [-0.25, -0.2) is 9.37 Å². The molecule has 2 amide bonds. The van der Waals surface area contributed by atoms with Gasteiger partial charge in [0.25, 0.3) is 5.91 Å². The zero-order chi connectivity index (χ0) is 29.0. The molecule has 2 atom stereocenters. The van der Waals surface area contributed by atoms with E-state index in [0.717, 1.165) is 29.3 Å². The van der Waals surface area contributed by atoms with Crippen LogP contribution < -0.4 is 15.8 Å². The van der Waals surface area contributed by atoms with E-state index in [4.69, 9.17) is 10.5 Å². The number of amides is 2. The number of pyridine rings is 2. The predicted octanol–water partition coefficient (Wildman–Crippen LogP) is 3.76. The maximum atomic E-state index is 14.5. The lowest BCUT2D eigenvalue weighted by Crippen LogP contribution is -2.51. The van der Waals surface area contributed by atoms with Crippen molar-refractivity contribution in [3.05, 3.63) is 89.1 Å². The summed E-state index contributed by atoms with van der Waals surface area (Å²) in [6, 6.07) is 10.6. The van der Waals surface area contributed by atoms with Gasteiger partial charge in [0.1, 0.15) is 29.3 Å². The highest BCUT2D eigenvalue weighted by Crippen LogP contribution is 2.47. The lowest BCUT2D eigenvalue weighted by atomic mass is 9.81. The van der Waals surface area contributed by atoms with Gasteiger partial charge in [0.2, 0.25) is 11.5 Å². The van der Waals surface area contributed by atoms with Crippen LogP contribution in [0.5, 0.6) is 5.75 Å². The number of ether oxygens (including phenoxy) is 1. The van der Waals surface area contributed by atoms with Crippen molar-refractivity contribution in [2.24, 2.45) is 5.73 Å². The minimum atomic E-state index is -5.31. The molecule has 4 aromatic rings. The Kier molecular flexibility index (Phi) is 6.33. The lowest BCUT2D eigenvalue weighted by Gasteiger charge is -2.31. The molecule has 0 fully saturated rings. The first-order valence-corrected chi connectivity index (χ1v) is 12.1. The standard InChI is InChI=1S/C28H24F4N4O4/c1-15-9-19-8-5-17(12-36(19)11-15)24(37)34-13-27(39,28(30,31)32)21-10-20-23(40-14-26(20,2)25(33)38)22(35-21)16-3-6-18(29)7-4-16/h3-12,39H,13-14H2,1-2H3,(H2,33,38)(H,34,37)/t26-,27-/m0/s1. The number of halogens is 4. The second kappa shape index (κ2) is 9.33. The van der Waals surface area contributed by atoms with Gasteiger partial charge in [0.15, 0.2) is 0 Å². The number of hydrogen-bond acceptors (Lipinski definition) is 5. The highest BCUT2D eigenvalue weighted by Gasteiger charge is 2.57. The molecule has 0 radical (unpaired) electrons. The number of carbonyl (C=O) groups excluding carboxylic acids is 2. The molecule has 0 saturated carbocycles. The third-order valence-corrected chi connectivity index (χ3v) is 7.12. The Morgan fingerprint density at radius 2 is 1.85 bits per heavy atom. The highest BCUT2D eigenvalue weighted by atomic mass is 19.4. The molecule has 0 spiro atoms. The van der Waals surface area contributed by atoms with Crippen LogP contribution >= 0.6 is 0 Å². The quantitative estimate of drug-likeness (QED) is 0.313. The summed E-state index contributed by atoms with van der Waals surface area (Å²) in [6.07, 6.45) is -2.10. The summed E-state index contributed by atoms with van der Waals surface area (Å²) in [5.41, 5.74) is 1.24. The van der Waals surface area contributed by atoms with Gasteiger partial charge < -0.3 is 25.3 Å². The molecular weight excluding hydrogens is 532 g/mol. The van der Waals surface area contributed by atoms with E-state index < -0.39 is 47.1 Å². The first-order chi connectivity index (χ1) is 18.7. The van der Waals surface area contributed by atoms with Crippen molar-refractivity contribution in [1.29, 1.82) is 0 Å². The molecule has 0 unspecified atom stereocenters. The number of nitrogens with zero attached hydrogens (tertiary/aromatic N) is 2. The van der Waals surface area contributed by atoms with Crippen LogP contribution in [0.4, 0.5) is 17.6 Å². The molecule has 40 heavy (non-hydrogen) atoms. The number of rotatable bonds is 6. The summed E-state index contributed by atoms with van der Waals surface area (Å²) in [4.78, 5) is 29.3. The second-order valence-corrected chi connectivity index (χ2v) is 10.0. The number of aryl methyl sites for hydroxylation is 1. The van der Waals surface area contributed by atoms with Crippen LogP contribution in [0, 0.1) is 12.7 Å². The largest absolute Gasteiger partial charge is 0.489 e. The normalized spacial score (nSPS) is 18.2. The van der Waals surface area contributed by atoms with Crippen molar-refractivity contribution in [3.8, 4) is 17.0 Å². The molecule has 3 aromatic heterocycles. The predicted molar refractivity (Wildman–Crippen MR) is 136 cm³/mol. The van der Waals surface area contributed by atoms with Gasteiger partial charge in [-0.15, -0.1) is 0 Å². The van der Waals surface area contributed by atoms with Gasteiger partial charge in [-0.05, 0) is 67.9 Å². The smallest absolute Gasteiger partial charge is 0.424 e. The van der Waals surface area contributed by atoms with Crippen LogP contribution in [0.3, 0.4) is 0 Å². The zero-order valence-corrected chi connectivity index (χ0v) is 21.3. The fourth-order valence-electron chi connectivity index (χ4n) is 4.64. The number of fused-ring (bicyclic) bond motifs is 2. The van der Waals surface area contributed by atoms with Gasteiger partial charge >= 0.3 is 6.18 Å². The second-order valence-electron chi connectivity index (χ2n) is 10.0. The fraction of sp³-hybridized carbons (Fsp3) is 0.250. The molecular formula is C28H24F4N4O4. The SMILES string of the molecule is Cc1cc2ccc(C(=O)NC[C@](O)(c3cc4c(c(-c5ccc(F)cc5)n3)OC[C@]4(C)C(N)=O)C(F)(F)F)cn2c1. The first kappa shape index (κ1) is 27.1. The van der Waals surface area contributed by atoms with Crippen molar-refractivity contribution >= 4 is 17.3 Å². The van der Waals surface area contributed by atoms with E-state index in [-0.39, 0.29) is 34.7 Å². The Balaban J connectivity index is 1.58. The molecule has 4 N–H and O–H groups in total. The Labute approximate surface area is 225 Å². The maximum absolute atomic E-state index is 14.5. The van der Waals surface area contributed by atoms with Crippen molar-refractivity contribution in [2.45, 2.75) is 31.0 Å². The van der Waals surface area contributed by atoms with Gasteiger partial charge in [-0.2, -0.15) is 13.2 Å². The Bertz CT molecular complexity index is 1650. The van der Waals surface area contributed by atoms with Crippen LogP contribution in [0.25, 0.3) is 16.8 Å². The number of aliphatic hydroxyl groups is 1. The minimum absolute atomic E-state index is 0.0134. The molecule has 0 aliphatic carbocycles. The van der Waals surface area contributed by atoms with Crippen LogP contribution in [-0.4, -0.2) is 45.6 Å². The number of nitrogens with two attached hydrogens (primary N) is 1. The summed E-state index contributed by atoms with van der Waals surface area (Å²) in [7, 11) is 0. The van der Waals surface area contributed by atoms with Crippen LogP contribution in [0.2, 0.25) is 0 Å². The van der Waals surface area contributed by atoms with Gasteiger partial charge in [0.05, 0.1) is 17.8 Å². The summed E-state index contributed by atoms with van der Waals surface area (Å²) in [5.74, 6) is -2.34. The molecule has 12 heteroatoms. The molecule has 208 valence electrons. The van der Waals surface area contributed by atoms with E-state index >= 15 is 0 Å². The molecule has 4 heterocycles. The number of nitrogens with one attached hydrogen (secondary N) is 1. The molecule has 8 nitrogen and oxygen atoms in total. The Hall–Kier alpha value is -4.45. The number of hydrogen-bond donors (Lipinski definition) is 3. The lowest BCUT2D eigenvalue weighted by molar-refractivity contribution is -0.265. The third kappa shape index (κ3) is 4.43. The molecule has 5 rings (SSSR count). The Morgan fingerprint density at radius 3 is 2.50 bits per heavy atom. The van der Waals surface area contributed by atoms with E-state index in [1.165, 1.54) is 31.3 Å². The molecule has 0 bridgehead atoms. The van der Waals surface area contributed by atoms with Crippen molar-refractivity contribution < 1.29 is 37.0 Å². The molecule has 1 aliphatic heterocycles. The number of benzene rings is 1. The summed E-state index contributed by atoms with van der Waals surface area (Å²) < 4.78 is 64.5. The van der Waals surface area contributed by atoms with Crippen molar-refractivity contribution in [1.82, 2.24) is 14.7 Å². The van der Waals surface area contributed by atoms with Gasteiger partial charge in [0, 0.05) is 29.0 Å². The van der Waals surface area contributed by atoms with Crippen LogP contribution in [-0.2, 0) is 15.8 Å². The van der Waals surface area contributed by atoms with Gasteiger partial charge in [-0.1, -0.05) is 0 Å². The van der Waals surface area contributed by atoms with Crippen molar-refractivity contribution in [3.63, 3.8) is 0 Å². The van der Waals surface area contributed by atoms with Crippen LogP contribution in [0.15, 0.2) is 60.9 Å². The summed E-state index contributed by atoms with van der Waals surface area (Å²) in [5, 5.41) is 13.3. The van der Waals surface area contributed by atoms with E-state index in [0.29, 0.717) is 0 Å². The average Bonchev–Trinajstić information content (AvgIpc) is 3.45. The number of aromatic nitrogens is 2. The molecule has 1 aliphatic rings. The summed E-state index contributed by atoms with van der Waals surface area (Å²) in [6.45, 7) is 1.68. The number of primary amides is 1. The van der Waals surface area contributed by atoms with Crippen LogP contribution in [0.1, 0.15) is 34.1 Å². The number of alkyl halides is 3. The molecule has 0 saturated heterocycles. The zero-order valence-electron chi connectivity index (χ0n) is 21.3. The first-order valence-electron chi connectivity index (χ1n) is 12.1. The van der Waals surface area contributed by atoms with E-state index in [1.54, 1.807) is 16.7 Å². The topological polar surface area (TPSA) is 119 Å². The van der Waals surface area contributed by atoms with E-state index in [9.17, 15) is 32.3 Å². The fourth-order valence-corrected chi connectivity index (χ4v) is 4.64. The number of carbonyl (C=O) groups is 2. The average molecular weight is 557 g/mol. The minimum Gasteiger partial charge on any atom is -0.489 e.